The molecular weight excluding hydrogens is 432 g/mol. The molecule has 2 aromatic rings. The Morgan fingerprint density at radius 1 is 1.00 bits per heavy atom. The van der Waals surface area contributed by atoms with Crippen LogP contribution >= 0.6 is 0 Å². The lowest BCUT2D eigenvalue weighted by Gasteiger charge is -2.36. The van der Waals surface area contributed by atoms with E-state index in [1.54, 1.807) is 6.92 Å². The van der Waals surface area contributed by atoms with E-state index in [2.05, 4.69) is 0 Å². The molecule has 0 radical (unpaired) electrons. The lowest BCUT2D eigenvalue weighted by atomic mass is 9.75. The van der Waals surface area contributed by atoms with Crippen LogP contribution in [0.5, 0.6) is 0 Å². The Labute approximate surface area is 199 Å². The molecule has 2 heterocycles. The van der Waals surface area contributed by atoms with Crippen LogP contribution in [0.25, 0.3) is 11.1 Å². The average Bonchev–Trinajstić information content (AvgIpc) is 3.08. The lowest BCUT2D eigenvalue weighted by molar-refractivity contribution is -0.157. The molecule has 0 saturated carbocycles. The fourth-order valence-corrected chi connectivity index (χ4v) is 5.04. The fraction of sp³-hybridized carbons (Fsp3) is 0.407. The SMILES string of the molecule is CCOC(=O)C1CCCCN1C(=O)CC1(c2ccc(-c3ccccc3)cc2)CC(=O)N(C)C1=O. The third kappa shape index (κ3) is 4.34. The molecule has 3 amide bonds. The number of likely N-dealkylation sites (tertiary alicyclic amines) is 2. The Hall–Kier alpha value is -3.48. The number of esters is 1. The van der Waals surface area contributed by atoms with Gasteiger partial charge in [0, 0.05) is 26.4 Å². The highest BCUT2D eigenvalue weighted by atomic mass is 16.5. The van der Waals surface area contributed by atoms with E-state index in [9.17, 15) is 19.2 Å². The van der Waals surface area contributed by atoms with Crippen molar-refractivity contribution in [3.05, 3.63) is 60.2 Å². The summed E-state index contributed by atoms with van der Waals surface area (Å²) in [5, 5.41) is 0. The van der Waals surface area contributed by atoms with Gasteiger partial charge in [-0.05, 0) is 42.9 Å². The quantitative estimate of drug-likeness (QED) is 0.486. The molecule has 2 aromatic carbocycles. The van der Waals surface area contributed by atoms with Gasteiger partial charge < -0.3 is 9.64 Å². The molecule has 0 spiro atoms. The zero-order chi connectivity index (χ0) is 24.3. The van der Waals surface area contributed by atoms with Crippen molar-refractivity contribution in [2.45, 2.75) is 50.5 Å². The number of hydrogen-bond donors (Lipinski definition) is 0. The molecule has 7 heteroatoms. The van der Waals surface area contributed by atoms with Crippen molar-refractivity contribution < 1.29 is 23.9 Å². The summed E-state index contributed by atoms with van der Waals surface area (Å²) >= 11 is 0. The number of ether oxygens (including phenoxy) is 1. The zero-order valence-corrected chi connectivity index (χ0v) is 19.7. The van der Waals surface area contributed by atoms with Gasteiger partial charge >= 0.3 is 5.97 Å². The summed E-state index contributed by atoms with van der Waals surface area (Å²) in [6, 6.07) is 16.7. The van der Waals surface area contributed by atoms with E-state index < -0.39 is 17.4 Å². The maximum atomic E-state index is 13.5. The monoisotopic (exact) mass is 462 g/mol. The molecule has 7 nitrogen and oxygen atoms in total. The number of benzene rings is 2. The summed E-state index contributed by atoms with van der Waals surface area (Å²) in [4.78, 5) is 54.6. The number of amides is 3. The minimum Gasteiger partial charge on any atom is -0.464 e. The van der Waals surface area contributed by atoms with Crippen molar-refractivity contribution in [2.75, 3.05) is 20.2 Å². The van der Waals surface area contributed by atoms with Crippen LogP contribution in [-0.4, -0.2) is 59.7 Å². The third-order valence-electron chi connectivity index (χ3n) is 6.92. The smallest absolute Gasteiger partial charge is 0.328 e. The molecule has 2 atom stereocenters. The van der Waals surface area contributed by atoms with E-state index in [1.165, 1.54) is 11.9 Å². The van der Waals surface area contributed by atoms with Gasteiger partial charge in [0.15, 0.2) is 0 Å². The molecule has 0 bridgehead atoms. The molecule has 0 aromatic heterocycles. The topological polar surface area (TPSA) is 84.0 Å². The molecule has 4 rings (SSSR count). The molecule has 34 heavy (non-hydrogen) atoms. The molecule has 2 aliphatic heterocycles. The summed E-state index contributed by atoms with van der Waals surface area (Å²) in [5.74, 6) is -1.42. The van der Waals surface area contributed by atoms with Gasteiger partial charge in [-0.25, -0.2) is 4.79 Å². The number of carbonyl (C=O) groups is 4. The Bertz CT molecular complexity index is 1080. The van der Waals surface area contributed by atoms with Crippen LogP contribution in [-0.2, 0) is 29.3 Å². The van der Waals surface area contributed by atoms with Gasteiger partial charge in [-0.2, -0.15) is 0 Å². The van der Waals surface area contributed by atoms with Crippen molar-refractivity contribution in [1.82, 2.24) is 9.80 Å². The first kappa shape index (κ1) is 23.7. The summed E-state index contributed by atoms with van der Waals surface area (Å²) < 4.78 is 5.19. The molecule has 2 aliphatic rings. The Morgan fingerprint density at radius 2 is 1.68 bits per heavy atom. The summed E-state index contributed by atoms with van der Waals surface area (Å²) in [6.07, 6.45) is 1.92. The molecule has 0 aliphatic carbocycles. The molecule has 0 N–H and O–H groups in total. The van der Waals surface area contributed by atoms with Crippen LogP contribution in [0, 0.1) is 0 Å². The maximum absolute atomic E-state index is 13.5. The van der Waals surface area contributed by atoms with Crippen molar-refractivity contribution >= 4 is 23.7 Å². The molecular formula is C27H30N2O5. The number of imide groups is 1. The van der Waals surface area contributed by atoms with Gasteiger partial charge in [0.1, 0.15) is 6.04 Å². The second-order valence-corrected chi connectivity index (χ2v) is 8.99. The second kappa shape index (κ2) is 9.79. The van der Waals surface area contributed by atoms with Crippen molar-refractivity contribution in [3.8, 4) is 11.1 Å². The predicted octanol–water partition coefficient (Wildman–Crippen LogP) is 3.31. The van der Waals surface area contributed by atoms with Gasteiger partial charge in [0.25, 0.3) is 0 Å². The lowest BCUT2D eigenvalue weighted by Crippen LogP contribution is -2.51. The van der Waals surface area contributed by atoms with Gasteiger partial charge in [0.05, 0.1) is 12.0 Å². The Morgan fingerprint density at radius 3 is 2.29 bits per heavy atom. The highest BCUT2D eigenvalue weighted by Gasteiger charge is 2.53. The number of piperidine rings is 1. The number of hydrogen-bond acceptors (Lipinski definition) is 5. The molecule has 178 valence electrons. The van der Waals surface area contributed by atoms with Crippen LogP contribution in [0.4, 0.5) is 0 Å². The standard InChI is InChI=1S/C27H30N2O5/c1-3-34-25(32)22-11-7-8-16-29(22)24(31)18-27(17-23(30)28(2)26(27)33)21-14-12-20(13-15-21)19-9-5-4-6-10-19/h4-6,9-10,12-15,22H,3,7-8,11,16-18H2,1-2H3. The average molecular weight is 463 g/mol. The molecule has 2 fully saturated rings. The highest BCUT2D eigenvalue weighted by Crippen LogP contribution is 2.41. The van der Waals surface area contributed by atoms with E-state index in [0.717, 1.165) is 28.9 Å². The Kier molecular flexibility index (Phi) is 6.82. The fourth-order valence-electron chi connectivity index (χ4n) is 5.04. The van der Waals surface area contributed by atoms with E-state index >= 15 is 0 Å². The maximum Gasteiger partial charge on any atom is 0.328 e. The van der Waals surface area contributed by atoms with Crippen molar-refractivity contribution in [1.29, 1.82) is 0 Å². The summed E-state index contributed by atoms with van der Waals surface area (Å²) in [6.45, 7) is 2.41. The summed E-state index contributed by atoms with van der Waals surface area (Å²) in [7, 11) is 1.46. The van der Waals surface area contributed by atoms with Crippen LogP contribution in [0.3, 0.4) is 0 Å². The minimum absolute atomic E-state index is 0.0727. The first-order valence-electron chi connectivity index (χ1n) is 11.8. The van der Waals surface area contributed by atoms with Crippen LogP contribution in [0.2, 0.25) is 0 Å². The third-order valence-corrected chi connectivity index (χ3v) is 6.92. The second-order valence-electron chi connectivity index (χ2n) is 8.99. The van der Waals surface area contributed by atoms with Gasteiger partial charge in [-0.15, -0.1) is 0 Å². The minimum atomic E-state index is -1.28. The van der Waals surface area contributed by atoms with Crippen LogP contribution in [0.1, 0.15) is 44.6 Å². The van der Waals surface area contributed by atoms with E-state index in [0.29, 0.717) is 18.5 Å². The van der Waals surface area contributed by atoms with E-state index in [-0.39, 0.29) is 37.2 Å². The number of nitrogens with zero attached hydrogens (tertiary/aromatic N) is 2. The van der Waals surface area contributed by atoms with Gasteiger partial charge in [0.2, 0.25) is 17.7 Å². The number of likely N-dealkylation sites (N-methyl/N-ethyl adjacent to an activating group) is 1. The first-order chi connectivity index (χ1) is 16.4. The van der Waals surface area contributed by atoms with Crippen molar-refractivity contribution in [2.24, 2.45) is 0 Å². The number of carbonyl (C=O) groups excluding carboxylic acids is 4. The van der Waals surface area contributed by atoms with Gasteiger partial charge in [-0.3, -0.25) is 19.3 Å². The van der Waals surface area contributed by atoms with Gasteiger partial charge in [-0.1, -0.05) is 54.6 Å². The number of rotatable bonds is 6. The van der Waals surface area contributed by atoms with E-state index in [1.807, 2.05) is 54.6 Å². The molecule has 2 unspecified atom stereocenters. The normalized spacial score (nSPS) is 22.7. The predicted molar refractivity (Wildman–Crippen MR) is 127 cm³/mol. The van der Waals surface area contributed by atoms with Crippen LogP contribution < -0.4 is 0 Å². The van der Waals surface area contributed by atoms with Crippen LogP contribution in [0.15, 0.2) is 54.6 Å². The molecule has 2 saturated heterocycles. The zero-order valence-electron chi connectivity index (χ0n) is 19.7. The van der Waals surface area contributed by atoms with Crippen molar-refractivity contribution in [3.63, 3.8) is 0 Å². The Balaban J connectivity index is 1.66. The van der Waals surface area contributed by atoms with E-state index in [4.69, 9.17) is 4.74 Å². The highest BCUT2D eigenvalue weighted by molar-refractivity contribution is 6.10. The first-order valence-corrected chi connectivity index (χ1v) is 11.8. The summed E-state index contributed by atoms with van der Waals surface area (Å²) in [5.41, 5.74) is 1.37. The largest absolute Gasteiger partial charge is 0.464 e.